The van der Waals surface area contributed by atoms with Crippen molar-refractivity contribution in [2.75, 3.05) is 25.4 Å². The van der Waals surface area contributed by atoms with Gasteiger partial charge in [-0.2, -0.15) is 0 Å². The molecule has 1 aromatic heterocycles. The van der Waals surface area contributed by atoms with Crippen LogP contribution in [0, 0.1) is 11.8 Å². The van der Waals surface area contributed by atoms with E-state index < -0.39 is 0 Å². The lowest BCUT2D eigenvalue weighted by Gasteiger charge is -2.38. The molecule has 162 valence electrons. The van der Waals surface area contributed by atoms with E-state index in [0.717, 1.165) is 35.3 Å². The maximum Gasteiger partial charge on any atom is 0.289 e. The fraction of sp³-hybridized carbons (Fsp3) is 0.269. The molecule has 0 unspecified atom stereocenters. The number of amides is 1. The fourth-order valence-electron chi connectivity index (χ4n) is 4.53. The highest BCUT2D eigenvalue weighted by molar-refractivity contribution is 5.91. The number of ether oxygens (including phenoxy) is 1. The Hall–Kier alpha value is -3.69. The molecule has 2 aromatic carbocycles. The van der Waals surface area contributed by atoms with Gasteiger partial charge in [-0.1, -0.05) is 24.1 Å². The number of hydrogen-bond acceptors (Lipinski definition) is 5. The first kappa shape index (κ1) is 20.2. The number of anilines is 1. The SMILES string of the molecule is NCc1cc2c(cc1N)OCC21CCN(C(=O)c2ccc(C#Cc3ccccc3)o2)CC1. The van der Waals surface area contributed by atoms with Crippen LogP contribution in [0.15, 0.2) is 59.0 Å². The third-order valence-electron chi connectivity index (χ3n) is 6.47. The monoisotopic (exact) mass is 427 g/mol. The highest BCUT2D eigenvalue weighted by atomic mass is 16.5. The summed E-state index contributed by atoms with van der Waals surface area (Å²) in [7, 11) is 0. The van der Waals surface area contributed by atoms with Gasteiger partial charge in [0.05, 0.1) is 6.61 Å². The van der Waals surface area contributed by atoms with Crippen LogP contribution in [0.3, 0.4) is 0 Å². The maximum atomic E-state index is 13.0. The van der Waals surface area contributed by atoms with Crippen molar-refractivity contribution < 1.29 is 13.9 Å². The van der Waals surface area contributed by atoms with E-state index >= 15 is 0 Å². The average molecular weight is 428 g/mol. The lowest BCUT2D eigenvalue weighted by atomic mass is 9.74. The molecule has 32 heavy (non-hydrogen) atoms. The highest BCUT2D eigenvalue weighted by Gasteiger charge is 2.44. The van der Waals surface area contributed by atoms with Crippen LogP contribution >= 0.6 is 0 Å². The fourth-order valence-corrected chi connectivity index (χ4v) is 4.53. The molecule has 0 bridgehead atoms. The summed E-state index contributed by atoms with van der Waals surface area (Å²) in [4.78, 5) is 14.8. The second kappa shape index (κ2) is 8.10. The van der Waals surface area contributed by atoms with Crippen molar-refractivity contribution in [2.24, 2.45) is 5.73 Å². The summed E-state index contributed by atoms with van der Waals surface area (Å²) < 4.78 is 11.7. The molecule has 0 radical (unpaired) electrons. The zero-order valence-electron chi connectivity index (χ0n) is 17.8. The number of rotatable bonds is 2. The summed E-state index contributed by atoms with van der Waals surface area (Å²) in [6.07, 6.45) is 1.64. The molecule has 6 heteroatoms. The van der Waals surface area contributed by atoms with Crippen molar-refractivity contribution in [3.05, 3.63) is 82.8 Å². The van der Waals surface area contributed by atoms with Gasteiger partial charge < -0.3 is 25.5 Å². The van der Waals surface area contributed by atoms with E-state index in [-0.39, 0.29) is 11.3 Å². The molecule has 6 nitrogen and oxygen atoms in total. The van der Waals surface area contributed by atoms with E-state index in [4.69, 9.17) is 20.6 Å². The molecule has 3 aromatic rings. The molecule has 1 amide bonds. The Kier molecular flexibility index (Phi) is 5.12. The molecule has 5 rings (SSSR count). The number of piperidine rings is 1. The van der Waals surface area contributed by atoms with Crippen molar-refractivity contribution in [1.29, 1.82) is 0 Å². The van der Waals surface area contributed by atoms with Crippen LogP contribution in [0.25, 0.3) is 0 Å². The first-order valence-corrected chi connectivity index (χ1v) is 10.8. The number of fused-ring (bicyclic) bond motifs is 2. The number of nitrogens with two attached hydrogens (primary N) is 2. The molecule has 2 aliphatic rings. The minimum Gasteiger partial charge on any atom is -0.492 e. The molecule has 3 heterocycles. The Balaban J connectivity index is 1.28. The lowest BCUT2D eigenvalue weighted by Crippen LogP contribution is -2.46. The van der Waals surface area contributed by atoms with Gasteiger partial charge in [0, 0.05) is 47.9 Å². The smallest absolute Gasteiger partial charge is 0.289 e. The summed E-state index contributed by atoms with van der Waals surface area (Å²) in [6.45, 7) is 2.27. The van der Waals surface area contributed by atoms with Crippen molar-refractivity contribution in [1.82, 2.24) is 4.90 Å². The summed E-state index contributed by atoms with van der Waals surface area (Å²) >= 11 is 0. The second-order valence-electron chi connectivity index (χ2n) is 8.39. The van der Waals surface area contributed by atoms with Gasteiger partial charge >= 0.3 is 0 Å². The molecule has 0 aliphatic carbocycles. The van der Waals surface area contributed by atoms with Crippen LogP contribution in [0.2, 0.25) is 0 Å². The van der Waals surface area contributed by atoms with Gasteiger partial charge in [-0.3, -0.25) is 4.79 Å². The number of likely N-dealkylation sites (tertiary alicyclic amines) is 1. The molecule has 2 aliphatic heterocycles. The summed E-state index contributed by atoms with van der Waals surface area (Å²) in [5.41, 5.74) is 15.5. The number of nitrogens with zero attached hydrogens (tertiary/aromatic N) is 1. The largest absolute Gasteiger partial charge is 0.492 e. The minimum absolute atomic E-state index is 0.0980. The Morgan fingerprint density at radius 1 is 1.06 bits per heavy atom. The van der Waals surface area contributed by atoms with E-state index in [0.29, 0.717) is 43.4 Å². The summed E-state index contributed by atoms with van der Waals surface area (Å²) in [6, 6.07) is 17.1. The quantitative estimate of drug-likeness (QED) is 0.483. The number of benzene rings is 2. The summed E-state index contributed by atoms with van der Waals surface area (Å²) in [5.74, 6) is 7.56. The Morgan fingerprint density at radius 3 is 2.59 bits per heavy atom. The topological polar surface area (TPSA) is 94.7 Å². The number of carbonyl (C=O) groups is 1. The lowest BCUT2D eigenvalue weighted by molar-refractivity contribution is 0.0615. The van der Waals surface area contributed by atoms with Gasteiger partial charge in [-0.25, -0.2) is 0 Å². The van der Waals surface area contributed by atoms with E-state index in [9.17, 15) is 4.79 Å². The number of hydrogen-bond donors (Lipinski definition) is 2. The summed E-state index contributed by atoms with van der Waals surface area (Å²) in [5, 5.41) is 0. The highest BCUT2D eigenvalue weighted by Crippen LogP contribution is 2.47. The van der Waals surface area contributed by atoms with E-state index in [2.05, 4.69) is 17.9 Å². The van der Waals surface area contributed by atoms with Gasteiger partial charge in [0.2, 0.25) is 0 Å². The predicted octanol–water partition coefficient (Wildman–Crippen LogP) is 3.29. The van der Waals surface area contributed by atoms with Crippen LogP contribution in [0.5, 0.6) is 5.75 Å². The van der Waals surface area contributed by atoms with Gasteiger partial charge in [0.15, 0.2) is 11.5 Å². The number of furan rings is 1. The minimum atomic E-state index is -0.105. The van der Waals surface area contributed by atoms with Crippen molar-refractivity contribution in [2.45, 2.75) is 24.8 Å². The molecule has 1 saturated heterocycles. The first-order valence-electron chi connectivity index (χ1n) is 10.8. The molecule has 1 fully saturated rings. The molecule has 0 saturated carbocycles. The molecular formula is C26H25N3O3. The average Bonchev–Trinajstić information content (AvgIpc) is 3.43. The van der Waals surface area contributed by atoms with Crippen molar-refractivity contribution in [3.8, 4) is 17.6 Å². The Morgan fingerprint density at radius 2 is 1.84 bits per heavy atom. The Bertz CT molecular complexity index is 1210. The van der Waals surface area contributed by atoms with Crippen molar-refractivity contribution >= 4 is 11.6 Å². The molecule has 0 atom stereocenters. The zero-order valence-corrected chi connectivity index (χ0v) is 17.8. The van der Waals surface area contributed by atoms with Crippen LogP contribution < -0.4 is 16.2 Å². The standard InChI is InChI=1S/C26H25N3O3/c27-16-19-14-21-24(15-22(19)28)31-17-26(21)10-12-29(13-11-26)25(30)23-9-8-20(32-23)7-6-18-4-2-1-3-5-18/h1-5,8-9,14-15H,10-13,16-17,27-28H2. The Labute approximate surface area is 187 Å². The normalized spacial score (nSPS) is 16.2. The molecule has 4 N–H and O–H groups in total. The third-order valence-corrected chi connectivity index (χ3v) is 6.47. The van der Waals surface area contributed by atoms with Crippen LogP contribution in [0.4, 0.5) is 5.69 Å². The zero-order chi connectivity index (χ0) is 22.1. The predicted molar refractivity (Wildman–Crippen MR) is 122 cm³/mol. The first-order chi connectivity index (χ1) is 15.6. The molecule has 1 spiro atoms. The van der Waals surface area contributed by atoms with E-state index in [1.165, 1.54) is 0 Å². The van der Waals surface area contributed by atoms with E-state index in [1.807, 2.05) is 41.3 Å². The van der Waals surface area contributed by atoms with Crippen LogP contribution in [-0.4, -0.2) is 30.5 Å². The third kappa shape index (κ3) is 3.61. The van der Waals surface area contributed by atoms with Crippen molar-refractivity contribution in [3.63, 3.8) is 0 Å². The number of carbonyl (C=O) groups excluding carboxylic acids is 1. The van der Waals surface area contributed by atoms with Gasteiger partial charge in [-0.05, 0) is 54.7 Å². The maximum absolute atomic E-state index is 13.0. The van der Waals surface area contributed by atoms with Gasteiger partial charge in [-0.15, -0.1) is 0 Å². The van der Waals surface area contributed by atoms with Gasteiger partial charge in [0.1, 0.15) is 5.75 Å². The van der Waals surface area contributed by atoms with Gasteiger partial charge in [0.25, 0.3) is 5.91 Å². The van der Waals surface area contributed by atoms with Crippen LogP contribution in [0.1, 0.15) is 45.8 Å². The molecular weight excluding hydrogens is 402 g/mol. The van der Waals surface area contributed by atoms with Crippen LogP contribution in [-0.2, 0) is 12.0 Å². The van der Waals surface area contributed by atoms with E-state index in [1.54, 1.807) is 12.1 Å². The second-order valence-corrected chi connectivity index (χ2v) is 8.39. The number of nitrogen functional groups attached to an aromatic ring is 1.